The Labute approximate surface area is 94.8 Å². The predicted molar refractivity (Wildman–Crippen MR) is 60.1 cm³/mol. The van der Waals surface area contributed by atoms with Gasteiger partial charge in [-0.3, -0.25) is 4.79 Å². The molecule has 1 N–H and O–H groups in total. The van der Waals surface area contributed by atoms with E-state index in [0.29, 0.717) is 17.6 Å². The second-order valence-corrected chi connectivity index (χ2v) is 4.24. The molecule has 1 heterocycles. The van der Waals surface area contributed by atoms with Gasteiger partial charge in [0.05, 0.1) is 6.26 Å². The van der Waals surface area contributed by atoms with Gasteiger partial charge in [-0.2, -0.15) is 0 Å². The van der Waals surface area contributed by atoms with E-state index < -0.39 is 0 Å². The molecule has 1 aromatic rings. The molecule has 3 nitrogen and oxygen atoms in total. The van der Waals surface area contributed by atoms with Crippen LogP contribution in [0.2, 0.25) is 0 Å². The molecule has 0 aliphatic rings. The number of carbonyl (C=O) groups is 1. The van der Waals surface area contributed by atoms with Crippen LogP contribution in [-0.4, -0.2) is 17.8 Å². The van der Waals surface area contributed by atoms with Crippen molar-refractivity contribution in [2.45, 2.75) is 26.3 Å². The standard InChI is InChI=1S/C11H16ClNO2/c1-8(2)6-9(7-12)13-11(14)10-4-3-5-15-10/h3-5,8-9H,6-7H2,1-2H3,(H,13,14). The lowest BCUT2D eigenvalue weighted by Gasteiger charge is -2.17. The molecule has 15 heavy (non-hydrogen) atoms. The Kier molecular flexibility index (Phi) is 4.69. The SMILES string of the molecule is CC(C)CC(CCl)NC(=O)c1ccco1. The fourth-order valence-electron chi connectivity index (χ4n) is 1.39. The molecule has 0 saturated carbocycles. The monoisotopic (exact) mass is 229 g/mol. The summed E-state index contributed by atoms with van der Waals surface area (Å²) in [6, 6.07) is 3.33. The molecular formula is C11H16ClNO2. The summed E-state index contributed by atoms with van der Waals surface area (Å²) < 4.78 is 4.99. The van der Waals surface area contributed by atoms with Crippen LogP contribution in [-0.2, 0) is 0 Å². The van der Waals surface area contributed by atoms with Crippen molar-refractivity contribution in [3.63, 3.8) is 0 Å². The summed E-state index contributed by atoms with van der Waals surface area (Å²) in [6.07, 6.45) is 2.35. The zero-order valence-electron chi connectivity index (χ0n) is 9.00. The van der Waals surface area contributed by atoms with Gasteiger partial charge in [-0.05, 0) is 24.5 Å². The first-order chi connectivity index (χ1) is 7.13. The van der Waals surface area contributed by atoms with Crippen molar-refractivity contribution in [3.05, 3.63) is 24.2 Å². The number of rotatable bonds is 5. The average molecular weight is 230 g/mol. The maximum atomic E-state index is 11.6. The van der Waals surface area contributed by atoms with Crippen LogP contribution >= 0.6 is 11.6 Å². The summed E-state index contributed by atoms with van der Waals surface area (Å²) in [7, 11) is 0. The third-order valence-electron chi connectivity index (χ3n) is 2.02. The first kappa shape index (κ1) is 12.1. The number of nitrogens with one attached hydrogen (secondary N) is 1. The molecule has 0 aromatic carbocycles. The summed E-state index contributed by atoms with van der Waals surface area (Å²) in [5, 5.41) is 2.84. The highest BCUT2D eigenvalue weighted by atomic mass is 35.5. The van der Waals surface area contributed by atoms with Crippen LogP contribution in [0.5, 0.6) is 0 Å². The largest absolute Gasteiger partial charge is 0.459 e. The smallest absolute Gasteiger partial charge is 0.287 e. The number of carbonyl (C=O) groups excluding carboxylic acids is 1. The highest BCUT2D eigenvalue weighted by Crippen LogP contribution is 2.08. The van der Waals surface area contributed by atoms with E-state index in [4.69, 9.17) is 16.0 Å². The van der Waals surface area contributed by atoms with Crippen molar-refractivity contribution in [1.29, 1.82) is 0 Å². The zero-order chi connectivity index (χ0) is 11.3. The number of hydrogen-bond acceptors (Lipinski definition) is 2. The number of alkyl halides is 1. The molecule has 0 radical (unpaired) electrons. The molecule has 0 aliphatic heterocycles. The lowest BCUT2D eigenvalue weighted by molar-refractivity contribution is 0.0908. The van der Waals surface area contributed by atoms with Gasteiger partial charge in [0, 0.05) is 11.9 Å². The van der Waals surface area contributed by atoms with Crippen LogP contribution in [0, 0.1) is 5.92 Å². The van der Waals surface area contributed by atoms with Crippen LogP contribution in [0.15, 0.2) is 22.8 Å². The molecule has 0 bridgehead atoms. The Hall–Kier alpha value is -0.960. The molecule has 1 rings (SSSR count). The third-order valence-corrected chi connectivity index (χ3v) is 2.39. The Balaban J connectivity index is 2.48. The van der Waals surface area contributed by atoms with Gasteiger partial charge in [0.1, 0.15) is 0 Å². The summed E-state index contributed by atoms with van der Waals surface area (Å²) in [4.78, 5) is 11.6. The molecule has 1 amide bonds. The van der Waals surface area contributed by atoms with Gasteiger partial charge in [-0.25, -0.2) is 0 Å². The summed E-state index contributed by atoms with van der Waals surface area (Å²) in [5.74, 6) is 1.05. The van der Waals surface area contributed by atoms with Gasteiger partial charge in [0.25, 0.3) is 5.91 Å². The molecule has 0 spiro atoms. The van der Waals surface area contributed by atoms with E-state index in [9.17, 15) is 4.79 Å². The fourth-order valence-corrected chi connectivity index (χ4v) is 1.60. The summed E-state index contributed by atoms with van der Waals surface area (Å²) >= 11 is 5.77. The summed E-state index contributed by atoms with van der Waals surface area (Å²) in [6.45, 7) is 4.19. The number of amides is 1. The maximum absolute atomic E-state index is 11.6. The van der Waals surface area contributed by atoms with E-state index >= 15 is 0 Å². The molecule has 84 valence electrons. The third kappa shape index (κ3) is 3.96. The van der Waals surface area contributed by atoms with Crippen molar-refractivity contribution in [1.82, 2.24) is 5.32 Å². The Bertz CT molecular complexity index is 296. The van der Waals surface area contributed by atoms with Gasteiger partial charge in [-0.1, -0.05) is 13.8 Å². The van der Waals surface area contributed by atoms with Crippen LogP contribution in [0.4, 0.5) is 0 Å². The Morgan fingerprint density at radius 2 is 2.33 bits per heavy atom. The van der Waals surface area contributed by atoms with E-state index in [1.165, 1.54) is 6.26 Å². The van der Waals surface area contributed by atoms with Crippen LogP contribution in [0.25, 0.3) is 0 Å². The van der Waals surface area contributed by atoms with Crippen molar-refractivity contribution in [2.75, 3.05) is 5.88 Å². The lowest BCUT2D eigenvalue weighted by Crippen LogP contribution is -2.36. The highest BCUT2D eigenvalue weighted by Gasteiger charge is 2.15. The zero-order valence-corrected chi connectivity index (χ0v) is 9.75. The van der Waals surface area contributed by atoms with Crippen LogP contribution in [0.3, 0.4) is 0 Å². The van der Waals surface area contributed by atoms with E-state index in [1.54, 1.807) is 12.1 Å². The van der Waals surface area contributed by atoms with Crippen molar-refractivity contribution >= 4 is 17.5 Å². The van der Waals surface area contributed by atoms with E-state index in [1.807, 2.05) is 0 Å². The average Bonchev–Trinajstić information content (AvgIpc) is 2.68. The molecule has 0 fully saturated rings. The van der Waals surface area contributed by atoms with Gasteiger partial charge in [0.15, 0.2) is 5.76 Å². The number of furan rings is 1. The first-order valence-electron chi connectivity index (χ1n) is 5.03. The predicted octanol–water partition coefficient (Wildman–Crippen LogP) is 2.66. The minimum Gasteiger partial charge on any atom is -0.459 e. The van der Waals surface area contributed by atoms with Gasteiger partial charge < -0.3 is 9.73 Å². The van der Waals surface area contributed by atoms with Crippen molar-refractivity contribution in [2.24, 2.45) is 5.92 Å². The summed E-state index contributed by atoms with van der Waals surface area (Å²) in [5.41, 5.74) is 0. The maximum Gasteiger partial charge on any atom is 0.287 e. The molecule has 1 aromatic heterocycles. The molecule has 0 saturated heterocycles. The fraction of sp³-hybridized carbons (Fsp3) is 0.545. The molecule has 0 aliphatic carbocycles. The van der Waals surface area contributed by atoms with E-state index in [0.717, 1.165) is 6.42 Å². The minimum absolute atomic E-state index is 0.00395. The Morgan fingerprint density at radius 3 is 2.80 bits per heavy atom. The molecule has 1 unspecified atom stereocenters. The van der Waals surface area contributed by atoms with E-state index in [-0.39, 0.29) is 11.9 Å². The second kappa shape index (κ2) is 5.81. The molecule has 1 atom stereocenters. The van der Waals surface area contributed by atoms with E-state index in [2.05, 4.69) is 19.2 Å². The van der Waals surface area contributed by atoms with Gasteiger partial charge in [0.2, 0.25) is 0 Å². The van der Waals surface area contributed by atoms with Gasteiger partial charge >= 0.3 is 0 Å². The normalized spacial score (nSPS) is 12.8. The number of hydrogen-bond donors (Lipinski definition) is 1. The van der Waals surface area contributed by atoms with Crippen molar-refractivity contribution < 1.29 is 9.21 Å². The molecular weight excluding hydrogens is 214 g/mol. The Morgan fingerprint density at radius 1 is 1.60 bits per heavy atom. The second-order valence-electron chi connectivity index (χ2n) is 3.93. The first-order valence-corrected chi connectivity index (χ1v) is 5.57. The minimum atomic E-state index is -0.202. The highest BCUT2D eigenvalue weighted by molar-refractivity contribution is 6.18. The van der Waals surface area contributed by atoms with Crippen LogP contribution in [0.1, 0.15) is 30.8 Å². The lowest BCUT2D eigenvalue weighted by atomic mass is 10.1. The topological polar surface area (TPSA) is 42.2 Å². The van der Waals surface area contributed by atoms with Crippen molar-refractivity contribution in [3.8, 4) is 0 Å². The van der Waals surface area contributed by atoms with Crippen LogP contribution < -0.4 is 5.32 Å². The quantitative estimate of drug-likeness (QED) is 0.789. The number of halogens is 1. The molecule has 4 heteroatoms. The van der Waals surface area contributed by atoms with Gasteiger partial charge in [-0.15, -0.1) is 11.6 Å².